The zero-order valence-electron chi connectivity index (χ0n) is 13.6. The first-order chi connectivity index (χ1) is 11.8. The Kier molecular flexibility index (Phi) is 5.03. The van der Waals surface area contributed by atoms with Crippen LogP contribution in [0.25, 0.3) is 0 Å². The first kappa shape index (κ1) is 17.8. The lowest BCUT2D eigenvalue weighted by Gasteiger charge is -2.30. The van der Waals surface area contributed by atoms with Crippen LogP contribution in [0.3, 0.4) is 0 Å². The van der Waals surface area contributed by atoms with E-state index in [0.29, 0.717) is 17.7 Å². The van der Waals surface area contributed by atoms with Crippen LogP contribution in [0.1, 0.15) is 25.3 Å². The number of aromatic nitrogens is 2. The molecular formula is C17H18ClF3N4. The molecule has 1 aromatic heterocycles. The van der Waals surface area contributed by atoms with Crippen molar-refractivity contribution in [1.29, 1.82) is 0 Å². The van der Waals surface area contributed by atoms with Gasteiger partial charge in [-0.15, -0.1) is 0 Å². The second-order valence-electron chi connectivity index (χ2n) is 6.22. The number of nitrogens with zero attached hydrogens (tertiary/aromatic N) is 3. The van der Waals surface area contributed by atoms with Crippen molar-refractivity contribution < 1.29 is 13.2 Å². The van der Waals surface area contributed by atoms with E-state index in [1.807, 2.05) is 0 Å². The van der Waals surface area contributed by atoms with Gasteiger partial charge in [-0.3, -0.25) is 0 Å². The van der Waals surface area contributed by atoms with Crippen LogP contribution in [0, 0.1) is 5.92 Å². The third kappa shape index (κ3) is 4.34. The van der Waals surface area contributed by atoms with Gasteiger partial charge in [0.05, 0.1) is 11.3 Å². The molecule has 1 aliphatic rings. The molecular weight excluding hydrogens is 353 g/mol. The van der Waals surface area contributed by atoms with Crippen LogP contribution in [-0.4, -0.2) is 23.1 Å². The largest absolute Gasteiger partial charge is 0.418 e. The Morgan fingerprint density at radius 3 is 2.60 bits per heavy atom. The van der Waals surface area contributed by atoms with Crippen molar-refractivity contribution >= 4 is 29.1 Å². The molecule has 134 valence electrons. The fourth-order valence-corrected chi connectivity index (χ4v) is 2.95. The van der Waals surface area contributed by atoms with Gasteiger partial charge in [-0.25, -0.2) is 4.98 Å². The molecule has 0 spiro atoms. The average Bonchev–Trinajstić information content (AvgIpc) is 2.56. The van der Waals surface area contributed by atoms with Crippen molar-refractivity contribution in [1.82, 2.24) is 9.97 Å². The molecule has 0 amide bonds. The fraction of sp³-hybridized carbons (Fsp3) is 0.412. The van der Waals surface area contributed by atoms with Crippen molar-refractivity contribution in [2.45, 2.75) is 25.9 Å². The zero-order chi connectivity index (χ0) is 18.0. The summed E-state index contributed by atoms with van der Waals surface area (Å²) in [6, 6.07) is 5.16. The van der Waals surface area contributed by atoms with Crippen LogP contribution in [-0.2, 0) is 6.18 Å². The summed E-state index contributed by atoms with van der Waals surface area (Å²) in [6.45, 7) is 3.90. The Morgan fingerprint density at radius 1 is 1.20 bits per heavy atom. The van der Waals surface area contributed by atoms with E-state index in [9.17, 15) is 13.2 Å². The summed E-state index contributed by atoms with van der Waals surface area (Å²) in [4.78, 5) is 10.7. The Balaban J connectivity index is 1.84. The summed E-state index contributed by atoms with van der Waals surface area (Å²) < 4.78 is 39.6. The molecule has 0 unspecified atom stereocenters. The molecule has 1 N–H and O–H groups in total. The van der Waals surface area contributed by atoms with Crippen molar-refractivity contribution in [3.63, 3.8) is 0 Å². The number of alkyl halides is 3. The molecule has 0 atom stereocenters. The SMILES string of the molecule is CC1CCN(c2nccc(Nc3ccc(Cl)cc3C(F)(F)F)n2)CC1. The number of benzene rings is 1. The van der Waals surface area contributed by atoms with Gasteiger partial charge in [-0.05, 0) is 43.0 Å². The highest BCUT2D eigenvalue weighted by Gasteiger charge is 2.34. The maximum absolute atomic E-state index is 13.2. The summed E-state index contributed by atoms with van der Waals surface area (Å²) in [6.07, 6.45) is -0.856. The number of rotatable bonds is 3. The number of hydrogen-bond donors (Lipinski definition) is 1. The Labute approximate surface area is 149 Å². The van der Waals surface area contributed by atoms with Crippen LogP contribution < -0.4 is 10.2 Å². The molecule has 3 rings (SSSR count). The molecule has 2 aromatic rings. The summed E-state index contributed by atoms with van der Waals surface area (Å²) in [5.74, 6) is 1.51. The number of nitrogens with one attached hydrogen (secondary N) is 1. The monoisotopic (exact) mass is 370 g/mol. The Morgan fingerprint density at radius 2 is 1.92 bits per heavy atom. The quantitative estimate of drug-likeness (QED) is 0.813. The van der Waals surface area contributed by atoms with Crippen molar-refractivity contribution in [2.24, 2.45) is 5.92 Å². The van der Waals surface area contributed by atoms with Gasteiger partial charge in [0.25, 0.3) is 0 Å². The molecule has 0 aliphatic carbocycles. The van der Waals surface area contributed by atoms with E-state index in [1.54, 1.807) is 12.3 Å². The lowest BCUT2D eigenvalue weighted by molar-refractivity contribution is -0.136. The predicted octanol–water partition coefficient (Wildman–Crippen LogP) is 5.13. The smallest absolute Gasteiger partial charge is 0.341 e. The predicted molar refractivity (Wildman–Crippen MR) is 92.4 cm³/mol. The molecule has 1 aliphatic heterocycles. The van der Waals surface area contributed by atoms with Gasteiger partial charge in [-0.1, -0.05) is 18.5 Å². The third-order valence-corrected chi connectivity index (χ3v) is 4.49. The lowest BCUT2D eigenvalue weighted by Crippen LogP contribution is -2.34. The molecule has 1 saturated heterocycles. The van der Waals surface area contributed by atoms with Gasteiger partial charge in [0, 0.05) is 24.3 Å². The highest BCUT2D eigenvalue weighted by Crippen LogP contribution is 2.37. The standard InChI is InChI=1S/C17H18ClF3N4/c1-11-5-8-25(9-6-11)16-22-7-4-15(24-16)23-14-3-2-12(18)10-13(14)17(19,20)21/h2-4,7,10-11H,5-6,8-9H2,1H3,(H,22,23,24). The molecule has 0 radical (unpaired) electrons. The first-order valence-electron chi connectivity index (χ1n) is 8.04. The van der Waals surface area contributed by atoms with E-state index in [2.05, 4.69) is 27.1 Å². The minimum atomic E-state index is -4.51. The molecule has 8 heteroatoms. The summed E-state index contributed by atoms with van der Waals surface area (Å²) in [5, 5.41) is 2.77. The van der Waals surface area contributed by atoms with E-state index in [1.165, 1.54) is 12.1 Å². The topological polar surface area (TPSA) is 41.1 Å². The number of piperidine rings is 1. The lowest BCUT2D eigenvalue weighted by atomic mass is 10.00. The van der Waals surface area contributed by atoms with Crippen LogP contribution in [0.4, 0.5) is 30.6 Å². The van der Waals surface area contributed by atoms with E-state index < -0.39 is 11.7 Å². The normalized spacial score (nSPS) is 16.1. The fourth-order valence-electron chi connectivity index (χ4n) is 2.78. The average molecular weight is 371 g/mol. The Bertz CT molecular complexity index is 743. The van der Waals surface area contributed by atoms with Crippen molar-refractivity contribution in [2.75, 3.05) is 23.3 Å². The van der Waals surface area contributed by atoms with Crippen molar-refractivity contribution in [3.8, 4) is 0 Å². The second-order valence-corrected chi connectivity index (χ2v) is 6.66. The molecule has 1 fully saturated rings. The maximum Gasteiger partial charge on any atom is 0.418 e. The van der Waals surface area contributed by atoms with E-state index in [-0.39, 0.29) is 10.7 Å². The molecule has 25 heavy (non-hydrogen) atoms. The molecule has 2 heterocycles. The van der Waals surface area contributed by atoms with Gasteiger partial charge < -0.3 is 10.2 Å². The summed E-state index contributed by atoms with van der Waals surface area (Å²) >= 11 is 5.70. The highest BCUT2D eigenvalue weighted by atomic mass is 35.5. The molecule has 4 nitrogen and oxygen atoms in total. The molecule has 0 saturated carbocycles. The van der Waals surface area contributed by atoms with Crippen LogP contribution >= 0.6 is 11.6 Å². The van der Waals surface area contributed by atoms with E-state index >= 15 is 0 Å². The van der Waals surface area contributed by atoms with Gasteiger partial charge in [0.1, 0.15) is 5.82 Å². The maximum atomic E-state index is 13.2. The molecule has 0 bridgehead atoms. The number of halogens is 4. The zero-order valence-corrected chi connectivity index (χ0v) is 14.4. The van der Waals surface area contributed by atoms with Gasteiger partial charge in [0.2, 0.25) is 5.95 Å². The Hall–Kier alpha value is -2.02. The number of hydrogen-bond acceptors (Lipinski definition) is 4. The number of anilines is 3. The van der Waals surface area contributed by atoms with Crippen LogP contribution in [0.5, 0.6) is 0 Å². The van der Waals surface area contributed by atoms with E-state index in [0.717, 1.165) is 32.0 Å². The molecule has 1 aromatic carbocycles. The van der Waals surface area contributed by atoms with E-state index in [4.69, 9.17) is 11.6 Å². The van der Waals surface area contributed by atoms with Gasteiger partial charge in [-0.2, -0.15) is 18.2 Å². The van der Waals surface area contributed by atoms with Crippen LogP contribution in [0.15, 0.2) is 30.5 Å². The third-order valence-electron chi connectivity index (χ3n) is 4.26. The summed E-state index contributed by atoms with van der Waals surface area (Å²) in [7, 11) is 0. The van der Waals surface area contributed by atoms with Gasteiger partial charge >= 0.3 is 6.18 Å². The highest BCUT2D eigenvalue weighted by molar-refractivity contribution is 6.30. The second kappa shape index (κ2) is 7.07. The van der Waals surface area contributed by atoms with Crippen molar-refractivity contribution in [3.05, 3.63) is 41.0 Å². The minimum absolute atomic E-state index is 0.0312. The van der Waals surface area contributed by atoms with Gasteiger partial charge in [0.15, 0.2) is 0 Å². The minimum Gasteiger partial charge on any atom is -0.341 e. The first-order valence-corrected chi connectivity index (χ1v) is 8.42. The van der Waals surface area contributed by atoms with Crippen LogP contribution in [0.2, 0.25) is 5.02 Å². The summed E-state index contributed by atoms with van der Waals surface area (Å²) in [5.41, 5.74) is -0.916.